The first kappa shape index (κ1) is 15.4. The summed E-state index contributed by atoms with van der Waals surface area (Å²) >= 11 is 0. The minimum absolute atomic E-state index is 0.0492. The summed E-state index contributed by atoms with van der Waals surface area (Å²) in [6.07, 6.45) is 2.71. The molecule has 0 saturated carbocycles. The Hall–Kier alpha value is -1.98. The summed E-state index contributed by atoms with van der Waals surface area (Å²) in [5.41, 5.74) is 0.634. The summed E-state index contributed by atoms with van der Waals surface area (Å²) in [5, 5.41) is 4.98. The molecular formula is C15H20N2O4. The lowest BCUT2D eigenvalue weighted by atomic mass is 9.87. The summed E-state index contributed by atoms with van der Waals surface area (Å²) < 4.78 is 0. The lowest BCUT2D eigenvalue weighted by Crippen LogP contribution is -2.39. The Morgan fingerprint density at radius 1 is 1.10 bits per heavy atom. The maximum atomic E-state index is 12.1. The molecule has 2 aliphatic heterocycles. The summed E-state index contributed by atoms with van der Waals surface area (Å²) in [5.74, 6) is -1.05. The standard InChI is InChI=1S/C15H20N2O4/c1-8-3-9(2)15(21)16-12(8)7-11(18)4-10-5-13(19)17-14(20)6-10/h7-10H,3-6H2,1-2H3,(H,16,21)(H,17,19,20)/b12-7-/t8-,9+/m1/s1. The number of hydrogen-bond donors (Lipinski definition) is 2. The molecule has 0 aromatic heterocycles. The smallest absolute Gasteiger partial charge is 0.226 e. The molecule has 6 nitrogen and oxygen atoms in total. The van der Waals surface area contributed by atoms with Crippen molar-refractivity contribution in [1.82, 2.24) is 10.6 Å². The van der Waals surface area contributed by atoms with Gasteiger partial charge in [-0.15, -0.1) is 0 Å². The van der Waals surface area contributed by atoms with Crippen LogP contribution in [-0.4, -0.2) is 23.5 Å². The number of rotatable bonds is 3. The summed E-state index contributed by atoms with van der Waals surface area (Å²) in [4.78, 5) is 46.2. The number of imide groups is 1. The average Bonchev–Trinajstić information content (AvgIpc) is 2.34. The first-order chi connectivity index (χ1) is 9.85. The summed E-state index contributed by atoms with van der Waals surface area (Å²) in [6, 6.07) is 0. The quantitative estimate of drug-likeness (QED) is 0.591. The van der Waals surface area contributed by atoms with Crippen molar-refractivity contribution >= 4 is 23.5 Å². The molecule has 2 atom stereocenters. The lowest BCUT2D eigenvalue weighted by molar-refractivity contribution is -0.135. The molecule has 0 radical (unpaired) electrons. The number of amides is 3. The lowest BCUT2D eigenvalue weighted by Gasteiger charge is -2.27. The zero-order valence-corrected chi connectivity index (χ0v) is 12.3. The third-order valence-electron chi connectivity index (χ3n) is 3.99. The van der Waals surface area contributed by atoms with E-state index in [0.717, 1.165) is 6.42 Å². The Morgan fingerprint density at radius 3 is 2.33 bits per heavy atom. The van der Waals surface area contributed by atoms with Gasteiger partial charge in [0.25, 0.3) is 0 Å². The third-order valence-corrected chi connectivity index (χ3v) is 3.99. The van der Waals surface area contributed by atoms with E-state index in [-0.39, 0.29) is 60.5 Å². The number of nitrogens with one attached hydrogen (secondary N) is 2. The Kier molecular flexibility index (Phi) is 4.55. The molecule has 0 aliphatic carbocycles. The van der Waals surface area contributed by atoms with Crippen molar-refractivity contribution in [3.8, 4) is 0 Å². The van der Waals surface area contributed by atoms with Gasteiger partial charge in [-0.05, 0) is 18.3 Å². The van der Waals surface area contributed by atoms with E-state index in [1.54, 1.807) is 0 Å². The van der Waals surface area contributed by atoms with E-state index >= 15 is 0 Å². The molecule has 2 N–H and O–H groups in total. The van der Waals surface area contributed by atoms with Crippen molar-refractivity contribution in [2.75, 3.05) is 0 Å². The fourth-order valence-corrected chi connectivity index (χ4v) is 2.85. The van der Waals surface area contributed by atoms with Crippen LogP contribution in [0.4, 0.5) is 0 Å². The fraction of sp³-hybridized carbons (Fsp3) is 0.600. The molecule has 6 heteroatoms. The largest absolute Gasteiger partial charge is 0.329 e. The number of allylic oxidation sites excluding steroid dienone is 2. The molecule has 0 aromatic carbocycles. The van der Waals surface area contributed by atoms with Gasteiger partial charge in [0.2, 0.25) is 17.7 Å². The third kappa shape index (κ3) is 4.00. The molecule has 0 spiro atoms. The maximum Gasteiger partial charge on any atom is 0.226 e. The second-order valence-corrected chi connectivity index (χ2v) is 6.04. The highest BCUT2D eigenvalue weighted by Gasteiger charge is 2.29. The number of piperidine rings is 2. The van der Waals surface area contributed by atoms with Crippen molar-refractivity contribution in [2.24, 2.45) is 17.8 Å². The normalized spacial score (nSPS) is 29.2. The molecule has 0 aromatic rings. The SMILES string of the molecule is C[C@@H]1C[C@H](C)C(=O)N/C1=C\C(=O)CC1CC(=O)NC(=O)C1. The van der Waals surface area contributed by atoms with Gasteiger partial charge >= 0.3 is 0 Å². The van der Waals surface area contributed by atoms with Crippen LogP contribution in [0.25, 0.3) is 0 Å². The molecule has 2 heterocycles. The van der Waals surface area contributed by atoms with Gasteiger partial charge < -0.3 is 5.32 Å². The van der Waals surface area contributed by atoms with Crippen LogP contribution in [0.1, 0.15) is 39.5 Å². The Balaban J connectivity index is 1.97. The van der Waals surface area contributed by atoms with E-state index in [9.17, 15) is 19.2 Å². The van der Waals surface area contributed by atoms with Crippen molar-refractivity contribution < 1.29 is 19.2 Å². The molecule has 2 rings (SSSR count). The van der Waals surface area contributed by atoms with Crippen molar-refractivity contribution in [2.45, 2.75) is 39.5 Å². The number of carbonyl (C=O) groups is 4. The Morgan fingerprint density at radius 2 is 1.71 bits per heavy atom. The van der Waals surface area contributed by atoms with Gasteiger partial charge in [-0.2, -0.15) is 0 Å². The predicted octanol–water partition coefficient (Wildman–Crippen LogP) is 0.674. The Bertz CT molecular complexity index is 508. The van der Waals surface area contributed by atoms with E-state index in [1.165, 1.54) is 6.08 Å². The highest BCUT2D eigenvalue weighted by molar-refractivity contribution is 5.99. The molecule has 114 valence electrons. The van der Waals surface area contributed by atoms with Gasteiger partial charge in [-0.3, -0.25) is 24.5 Å². The summed E-state index contributed by atoms with van der Waals surface area (Å²) in [7, 11) is 0. The molecule has 2 aliphatic rings. The summed E-state index contributed by atoms with van der Waals surface area (Å²) in [6.45, 7) is 3.82. The van der Waals surface area contributed by atoms with Gasteiger partial charge in [-0.1, -0.05) is 13.8 Å². The van der Waals surface area contributed by atoms with Crippen LogP contribution >= 0.6 is 0 Å². The molecule has 21 heavy (non-hydrogen) atoms. The van der Waals surface area contributed by atoms with Crippen molar-refractivity contribution in [3.05, 3.63) is 11.8 Å². The minimum Gasteiger partial charge on any atom is -0.329 e. The van der Waals surface area contributed by atoms with Crippen LogP contribution in [0.3, 0.4) is 0 Å². The second-order valence-electron chi connectivity index (χ2n) is 6.04. The van der Waals surface area contributed by atoms with Crippen LogP contribution < -0.4 is 10.6 Å². The fourth-order valence-electron chi connectivity index (χ4n) is 2.85. The van der Waals surface area contributed by atoms with Crippen LogP contribution in [0.15, 0.2) is 11.8 Å². The van der Waals surface area contributed by atoms with Gasteiger partial charge in [-0.25, -0.2) is 0 Å². The zero-order chi connectivity index (χ0) is 15.6. The van der Waals surface area contributed by atoms with Crippen LogP contribution in [-0.2, 0) is 19.2 Å². The van der Waals surface area contributed by atoms with E-state index < -0.39 is 0 Å². The van der Waals surface area contributed by atoms with Gasteiger partial charge in [0, 0.05) is 37.0 Å². The highest BCUT2D eigenvalue weighted by Crippen LogP contribution is 2.25. The van der Waals surface area contributed by atoms with Gasteiger partial charge in [0.15, 0.2) is 5.78 Å². The monoisotopic (exact) mass is 292 g/mol. The van der Waals surface area contributed by atoms with Gasteiger partial charge in [0.1, 0.15) is 0 Å². The average molecular weight is 292 g/mol. The van der Waals surface area contributed by atoms with Crippen molar-refractivity contribution in [1.29, 1.82) is 0 Å². The molecule has 0 bridgehead atoms. The first-order valence-electron chi connectivity index (χ1n) is 7.23. The van der Waals surface area contributed by atoms with Crippen LogP contribution in [0.5, 0.6) is 0 Å². The number of hydrogen-bond acceptors (Lipinski definition) is 4. The zero-order valence-electron chi connectivity index (χ0n) is 12.3. The topological polar surface area (TPSA) is 92.3 Å². The van der Waals surface area contributed by atoms with Crippen molar-refractivity contribution in [3.63, 3.8) is 0 Å². The first-order valence-corrected chi connectivity index (χ1v) is 7.23. The molecule has 3 amide bonds. The number of carbonyl (C=O) groups excluding carboxylic acids is 4. The predicted molar refractivity (Wildman–Crippen MR) is 74.7 cm³/mol. The maximum absolute atomic E-state index is 12.1. The molecular weight excluding hydrogens is 272 g/mol. The van der Waals surface area contributed by atoms with E-state index in [4.69, 9.17) is 0 Å². The van der Waals surface area contributed by atoms with Gasteiger partial charge in [0.05, 0.1) is 0 Å². The minimum atomic E-state index is -0.329. The van der Waals surface area contributed by atoms with E-state index in [0.29, 0.717) is 5.70 Å². The Labute approximate surface area is 123 Å². The van der Waals surface area contributed by atoms with E-state index in [1.807, 2.05) is 13.8 Å². The number of ketones is 1. The molecule has 2 saturated heterocycles. The second kappa shape index (κ2) is 6.20. The highest BCUT2D eigenvalue weighted by atomic mass is 16.2. The molecule has 0 unspecified atom stereocenters. The van der Waals surface area contributed by atoms with Crippen LogP contribution in [0.2, 0.25) is 0 Å². The molecule has 2 fully saturated rings. The van der Waals surface area contributed by atoms with E-state index in [2.05, 4.69) is 10.6 Å². The van der Waals surface area contributed by atoms with Crippen LogP contribution in [0, 0.1) is 17.8 Å².